The standard InChI is InChI=1S/C12H19N3O/c1-2-8-14-12(16)10-15(9-7-13)11-5-3-4-6-11/h2,11H,1,3-6,8-10H2,(H,14,16). The van der Waals surface area contributed by atoms with Gasteiger partial charge in [-0.15, -0.1) is 6.58 Å². The van der Waals surface area contributed by atoms with Gasteiger partial charge in [-0.25, -0.2) is 0 Å². The van der Waals surface area contributed by atoms with Gasteiger partial charge < -0.3 is 5.32 Å². The van der Waals surface area contributed by atoms with Crippen LogP contribution < -0.4 is 5.32 Å². The molecule has 1 fully saturated rings. The van der Waals surface area contributed by atoms with E-state index >= 15 is 0 Å². The third-order valence-electron chi connectivity index (χ3n) is 2.91. The molecule has 0 aliphatic heterocycles. The zero-order valence-corrected chi connectivity index (χ0v) is 9.61. The van der Waals surface area contributed by atoms with Gasteiger partial charge in [-0.2, -0.15) is 5.26 Å². The smallest absolute Gasteiger partial charge is 0.234 e. The molecule has 4 heteroatoms. The second-order valence-corrected chi connectivity index (χ2v) is 4.09. The molecule has 1 aliphatic rings. The molecule has 0 aromatic rings. The Labute approximate surface area is 96.9 Å². The predicted octanol–water partition coefficient (Wildman–Crippen LogP) is 1.06. The molecular weight excluding hydrogens is 202 g/mol. The lowest BCUT2D eigenvalue weighted by Crippen LogP contribution is -2.42. The first-order chi connectivity index (χ1) is 7.77. The fourth-order valence-electron chi connectivity index (χ4n) is 2.10. The maximum atomic E-state index is 11.5. The highest BCUT2D eigenvalue weighted by Gasteiger charge is 2.23. The lowest BCUT2D eigenvalue weighted by atomic mass is 10.2. The molecule has 1 amide bonds. The number of nitrogens with zero attached hydrogens (tertiary/aromatic N) is 2. The van der Waals surface area contributed by atoms with Gasteiger partial charge >= 0.3 is 0 Å². The van der Waals surface area contributed by atoms with Gasteiger partial charge in [0.15, 0.2) is 0 Å². The van der Waals surface area contributed by atoms with E-state index in [0.717, 1.165) is 12.8 Å². The van der Waals surface area contributed by atoms with Gasteiger partial charge in [0.2, 0.25) is 5.91 Å². The molecule has 16 heavy (non-hydrogen) atoms. The maximum absolute atomic E-state index is 11.5. The van der Waals surface area contributed by atoms with Crippen molar-refractivity contribution in [2.75, 3.05) is 19.6 Å². The third kappa shape index (κ3) is 4.03. The first-order valence-electron chi connectivity index (χ1n) is 5.76. The number of hydrogen-bond acceptors (Lipinski definition) is 3. The van der Waals surface area contributed by atoms with Crippen LogP contribution in [-0.4, -0.2) is 36.5 Å². The molecule has 1 N–H and O–H groups in total. The van der Waals surface area contributed by atoms with E-state index in [0.29, 0.717) is 25.7 Å². The third-order valence-corrected chi connectivity index (χ3v) is 2.91. The van der Waals surface area contributed by atoms with Crippen molar-refractivity contribution < 1.29 is 4.79 Å². The van der Waals surface area contributed by atoms with Crippen LogP contribution in [0, 0.1) is 11.3 Å². The summed E-state index contributed by atoms with van der Waals surface area (Å²) >= 11 is 0. The molecule has 0 radical (unpaired) electrons. The molecule has 0 aromatic carbocycles. The second kappa shape index (κ2) is 7.02. The number of rotatable bonds is 6. The van der Waals surface area contributed by atoms with E-state index in [-0.39, 0.29) is 5.91 Å². The predicted molar refractivity (Wildman–Crippen MR) is 62.6 cm³/mol. The number of nitrogens with one attached hydrogen (secondary N) is 1. The van der Waals surface area contributed by atoms with Crippen molar-refractivity contribution in [3.05, 3.63) is 12.7 Å². The Bertz CT molecular complexity index is 276. The van der Waals surface area contributed by atoms with Crippen LogP contribution in [0.2, 0.25) is 0 Å². The minimum Gasteiger partial charge on any atom is -0.352 e. The zero-order chi connectivity index (χ0) is 11.8. The van der Waals surface area contributed by atoms with Crippen molar-refractivity contribution in [3.63, 3.8) is 0 Å². The normalized spacial score (nSPS) is 16.0. The Balaban J connectivity index is 2.40. The van der Waals surface area contributed by atoms with Crippen molar-refractivity contribution in [1.82, 2.24) is 10.2 Å². The fourth-order valence-corrected chi connectivity index (χ4v) is 2.10. The summed E-state index contributed by atoms with van der Waals surface area (Å²) in [7, 11) is 0. The first-order valence-corrected chi connectivity index (χ1v) is 5.76. The Morgan fingerprint density at radius 2 is 2.25 bits per heavy atom. The first kappa shape index (κ1) is 12.7. The molecule has 0 spiro atoms. The highest BCUT2D eigenvalue weighted by molar-refractivity contribution is 5.78. The maximum Gasteiger partial charge on any atom is 0.234 e. The fraction of sp³-hybridized carbons (Fsp3) is 0.667. The summed E-state index contributed by atoms with van der Waals surface area (Å²) in [5, 5.41) is 11.5. The van der Waals surface area contributed by atoms with Gasteiger partial charge in [0.25, 0.3) is 0 Å². The Hall–Kier alpha value is -1.34. The van der Waals surface area contributed by atoms with Gasteiger partial charge in [-0.1, -0.05) is 18.9 Å². The lowest BCUT2D eigenvalue weighted by Gasteiger charge is -2.25. The molecule has 0 aromatic heterocycles. The van der Waals surface area contributed by atoms with Crippen LogP contribution in [0.3, 0.4) is 0 Å². The molecule has 0 unspecified atom stereocenters. The summed E-state index contributed by atoms with van der Waals surface area (Å²) in [6.45, 7) is 4.70. The Kier molecular flexibility index (Phi) is 5.58. The molecule has 0 saturated heterocycles. The topological polar surface area (TPSA) is 56.1 Å². The van der Waals surface area contributed by atoms with Gasteiger partial charge in [0, 0.05) is 12.6 Å². The van der Waals surface area contributed by atoms with E-state index < -0.39 is 0 Å². The molecule has 88 valence electrons. The molecule has 1 rings (SSSR count). The summed E-state index contributed by atoms with van der Waals surface area (Å²) in [6.07, 6.45) is 6.29. The minimum absolute atomic E-state index is 0.0259. The van der Waals surface area contributed by atoms with Gasteiger partial charge in [-0.05, 0) is 12.8 Å². The molecule has 0 atom stereocenters. The van der Waals surface area contributed by atoms with E-state index in [1.165, 1.54) is 12.8 Å². The molecule has 0 heterocycles. The van der Waals surface area contributed by atoms with E-state index in [1.807, 2.05) is 4.90 Å². The van der Waals surface area contributed by atoms with Crippen LogP contribution in [0.5, 0.6) is 0 Å². The second-order valence-electron chi connectivity index (χ2n) is 4.09. The average Bonchev–Trinajstić information content (AvgIpc) is 2.79. The molecule has 0 bridgehead atoms. The van der Waals surface area contributed by atoms with Crippen molar-refractivity contribution in [1.29, 1.82) is 5.26 Å². The molecule has 1 aliphatic carbocycles. The highest BCUT2D eigenvalue weighted by atomic mass is 16.2. The highest BCUT2D eigenvalue weighted by Crippen LogP contribution is 2.22. The van der Waals surface area contributed by atoms with E-state index in [4.69, 9.17) is 5.26 Å². The van der Waals surface area contributed by atoms with Crippen molar-refractivity contribution in [2.24, 2.45) is 0 Å². The number of nitriles is 1. The summed E-state index contributed by atoms with van der Waals surface area (Å²) in [4.78, 5) is 13.5. The number of carbonyl (C=O) groups excluding carboxylic acids is 1. The van der Waals surface area contributed by atoms with Crippen LogP contribution in [0.25, 0.3) is 0 Å². The van der Waals surface area contributed by atoms with E-state index in [2.05, 4.69) is 18.0 Å². The summed E-state index contributed by atoms with van der Waals surface area (Å²) in [5.74, 6) is -0.0259. The van der Waals surface area contributed by atoms with Crippen LogP contribution in [0.15, 0.2) is 12.7 Å². The largest absolute Gasteiger partial charge is 0.352 e. The average molecular weight is 221 g/mol. The molecule has 4 nitrogen and oxygen atoms in total. The van der Waals surface area contributed by atoms with E-state index in [9.17, 15) is 4.79 Å². The summed E-state index contributed by atoms with van der Waals surface area (Å²) < 4.78 is 0. The number of amides is 1. The number of hydrogen-bond donors (Lipinski definition) is 1. The van der Waals surface area contributed by atoms with Gasteiger partial charge in [0.05, 0.1) is 19.2 Å². The van der Waals surface area contributed by atoms with Crippen molar-refractivity contribution >= 4 is 5.91 Å². The molecule has 1 saturated carbocycles. The quantitative estimate of drug-likeness (QED) is 0.539. The van der Waals surface area contributed by atoms with Crippen molar-refractivity contribution in [3.8, 4) is 6.07 Å². The Morgan fingerprint density at radius 1 is 1.56 bits per heavy atom. The SMILES string of the molecule is C=CCNC(=O)CN(CC#N)C1CCCC1. The Morgan fingerprint density at radius 3 is 2.81 bits per heavy atom. The van der Waals surface area contributed by atoms with E-state index in [1.54, 1.807) is 6.08 Å². The molecular formula is C12H19N3O. The summed E-state index contributed by atoms with van der Waals surface area (Å²) in [5.41, 5.74) is 0. The summed E-state index contributed by atoms with van der Waals surface area (Å²) in [6, 6.07) is 2.54. The van der Waals surface area contributed by atoms with Crippen molar-refractivity contribution in [2.45, 2.75) is 31.7 Å². The van der Waals surface area contributed by atoms with Crippen LogP contribution in [0.1, 0.15) is 25.7 Å². The minimum atomic E-state index is -0.0259. The van der Waals surface area contributed by atoms with Gasteiger partial charge in [-0.3, -0.25) is 9.69 Å². The van der Waals surface area contributed by atoms with Crippen LogP contribution in [0.4, 0.5) is 0 Å². The van der Waals surface area contributed by atoms with Crippen LogP contribution in [-0.2, 0) is 4.79 Å². The van der Waals surface area contributed by atoms with Gasteiger partial charge in [0.1, 0.15) is 0 Å². The zero-order valence-electron chi connectivity index (χ0n) is 9.61. The lowest BCUT2D eigenvalue weighted by molar-refractivity contribution is -0.122. The number of carbonyl (C=O) groups is 1. The monoisotopic (exact) mass is 221 g/mol. The van der Waals surface area contributed by atoms with Crippen LogP contribution >= 0.6 is 0 Å².